The number of aryl methyl sites for hydroxylation is 4. The van der Waals surface area contributed by atoms with Crippen molar-refractivity contribution in [1.82, 2.24) is 15.1 Å². The van der Waals surface area contributed by atoms with Crippen molar-refractivity contribution >= 4 is 196 Å². The summed E-state index contributed by atoms with van der Waals surface area (Å²) in [4.78, 5) is 34.2. The Morgan fingerprint density at radius 2 is 0.758 bits per heavy atom. The first-order chi connectivity index (χ1) is 42.5. The Balaban J connectivity index is -0.000000160. The predicted octanol–water partition coefficient (Wildman–Crippen LogP) is 26.1. The molecule has 5 aliphatic rings. The summed E-state index contributed by atoms with van der Waals surface area (Å²) in [6.45, 7) is 21.0. The van der Waals surface area contributed by atoms with Crippen molar-refractivity contribution < 1.29 is 107 Å². The number of carbonyl (C=O) groups excluding carboxylic acids is 2. The normalized spacial score (nSPS) is 15.3. The van der Waals surface area contributed by atoms with E-state index in [0.29, 0.717) is 23.3 Å². The number of carbonyl (C=O) groups is 2. The molecule has 3 saturated heterocycles. The maximum Gasteiger partial charge on any atom is 3.00 e. The molecule has 1 N–H and O–H groups in total. The molecule has 34 heteroatoms. The molecule has 0 spiro atoms. The van der Waals surface area contributed by atoms with Gasteiger partial charge in [0.2, 0.25) is 11.8 Å². The summed E-state index contributed by atoms with van der Waals surface area (Å²) in [5.74, 6) is 0.343. The number of rotatable bonds is 4. The van der Waals surface area contributed by atoms with Crippen LogP contribution in [0, 0.1) is 57.4 Å². The number of anilines is 2. The van der Waals surface area contributed by atoms with Crippen molar-refractivity contribution in [3.05, 3.63) is 176 Å². The van der Waals surface area contributed by atoms with Crippen LogP contribution in [0.5, 0.6) is 0 Å². The van der Waals surface area contributed by atoms with E-state index >= 15 is 0 Å². The molecule has 3 aliphatic heterocycles. The van der Waals surface area contributed by atoms with Crippen molar-refractivity contribution in [2.45, 2.75) is 140 Å². The van der Waals surface area contributed by atoms with Crippen LogP contribution in [0.2, 0.25) is 15.1 Å². The number of halogens is 21. The Morgan fingerprint density at radius 3 is 1.08 bits per heavy atom. The third-order valence-electron chi connectivity index (χ3n) is 13.3. The molecular formula is C65H97Cl3F12Fe2I6N5O2P2S2-. The number of thiol groups is 1. The zero-order chi connectivity index (χ0) is 70.3. The third-order valence-corrected chi connectivity index (χ3v) is 16.1. The van der Waals surface area contributed by atoms with Crippen LogP contribution in [0.1, 0.15) is 120 Å². The van der Waals surface area contributed by atoms with Gasteiger partial charge >= 0.3 is 151 Å². The summed E-state index contributed by atoms with van der Waals surface area (Å²) in [7, 11) is -21.3. The summed E-state index contributed by atoms with van der Waals surface area (Å²) < 4.78 is 118. The van der Waals surface area contributed by atoms with Crippen molar-refractivity contribution in [2.75, 3.05) is 75.2 Å². The maximum atomic E-state index is 11.2. The molecule has 7 nitrogen and oxygen atoms in total. The SMILES string of the molecule is C1CCCC1.C1CCCC1.CC(=O)N1CCN(c2ccccc2Cl)CC1.CC(=O)N1CCNCC1.Cc1ccc(S)c(C)c1.Cc1ccc(Sc2ccccc2N2CCCCC2)c(C)c1.Clc1ccccc1Cl.F[P-](F)(F)(F)(F)F.F[P-](F)(F)(F)(F)F.I.II.I[I-]I.[CH3-].[CH3-].[CH3-].[CH3-].[Fe+3].[Fe+3]. The Morgan fingerprint density at radius 1 is 0.455 bits per heavy atom. The van der Waals surface area contributed by atoms with Crippen LogP contribution in [0.15, 0.2) is 124 Å². The van der Waals surface area contributed by atoms with Crippen LogP contribution in [0.3, 0.4) is 0 Å². The van der Waals surface area contributed by atoms with E-state index in [1.54, 1.807) is 26.0 Å². The van der Waals surface area contributed by atoms with Crippen molar-refractivity contribution in [3.63, 3.8) is 0 Å². The molecule has 0 unspecified atom stereocenters. The minimum absolute atomic E-state index is 0. The van der Waals surface area contributed by atoms with E-state index in [2.05, 4.69) is 185 Å². The molecule has 2 amide bonds. The maximum absolute atomic E-state index is 11.2. The molecule has 99 heavy (non-hydrogen) atoms. The number of amides is 2. The number of hydrogen-bond donors (Lipinski definition) is 2. The number of benzene rings is 5. The number of para-hydroxylation sites is 2. The largest absolute Gasteiger partial charge is 3.00 e. The van der Waals surface area contributed by atoms with Gasteiger partial charge in [0.15, 0.2) is 0 Å². The van der Waals surface area contributed by atoms with Gasteiger partial charge in [0.25, 0.3) is 0 Å². The molecule has 580 valence electrons. The molecular weight excluding hydrogens is 2220 g/mol. The molecule has 5 fully saturated rings. The Bertz CT molecular complexity index is 2830. The molecule has 2 aliphatic carbocycles. The van der Waals surface area contributed by atoms with Gasteiger partial charge in [-0.25, -0.2) is 0 Å². The van der Waals surface area contributed by atoms with Crippen LogP contribution in [-0.4, -0.2) is 87.1 Å². The van der Waals surface area contributed by atoms with E-state index in [0.717, 1.165) is 68.0 Å². The molecule has 0 atom stereocenters. The minimum atomic E-state index is -10.7. The van der Waals surface area contributed by atoms with E-state index < -0.39 is 15.6 Å². The van der Waals surface area contributed by atoms with E-state index in [9.17, 15) is 60.0 Å². The molecule has 2 saturated carbocycles. The summed E-state index contributed by atoms with van der Waals surface area (Å²) >= 11 is 33.0. The van der Waals surface area contributed by atoms with Crippen molar-refractivity contribution in [1.29, 1.82) is 0 Å². The molecule has 5 aromatic rings. The monoisotopic (exact) mass is 2310 g/mol. The zero-order valence-electron chi connectivity index (χ0n) is 57.2. The van der Waals surface area contributed by atoms with E-state index in [-0.39, 0.29) is 99.6 Å². The second kappa shape index (κ2) is 57.7. The number of nitrogens with zero attached hydrogens (tertiary/aromatic N) is 4. The van der Waals surface area contributed by atoms with Crippen LogP contribution >= 0.6 is 173 Å². The van der Waals surface area contributed by atoms with Gasteiger partial charge in [-0.2, -0.15) is 0 Å². The number of piperidine rings is 1. The second-order valence-electron chi connectivity index (χ2n) is 21.3. The second-order valence-corrected chi connectivity index (χ2v) is 44.2. The quantitative estimate of drug-likeness (QED) is 0.0467. The molecule has 5 aromatic carbocycles. The third kappa shape index (κ3) is 69.8. The molecule has 3 heterocycles. The molecule has 10 rings (SSSR count). The van der Waals surface area contributed by atoms with Gasteiger partial charge in [-0.3, -0.25) is 9.59 Å². The molecule has 0 bridgehead atoms. The molecule has 0 aromatic heterocycles. The van der Waals surface area contributed by atoms with Crippen LogP contribution in [-0.2, 0) is 43.7 Å². The topological polar surface area (TPSA) is 59.1 Å². The van der Waals surface area contributed by atoms with Crippen molar-refractivity contribution in [2.24, 2.45) is 0 Å². The van der Waals surface area contributed by atoms with Gasteiger partial charge in [0.1, 0.15) is 0 Å². The summed E-state index contributed by atoms with van der Waals surface area (Å²) in [6.07, 6.45) is 19.0. The smallest absolute Gasteiger partial charge is 0.358 e. The Kier molecular flexibility index (Phi) is 67.8. The predicted molar refractivity (Wildman–Crippen MR) is 444 cm³/mol. The van der Waals surface area contributed by atoms with Gasteiger partial charge in [-0.15, -0.1) is 36.6 Å². The van der Waals surface area contributed by atoms with E-state index in [4.69, 9.17) is 34.8 Å². The fourth-order valence-corrected chi connectivity index (χ4v) is 10.6. The molecule has 2 radical (unpaired) electrons. The average molecular weight is 2310 g/mol. The standard InChI is InChI=1S/C19H23NS.C12H15ClN2O.C8H10S.C6H4Cl2.C6H12N2O.2C5H10.4CH3.2F6P.2Fe.I3.I2.HI/c1-15-10-11-18(16(2)14-15)21-19-9-5-4-8-17(19)20-12-6-3-7-13-20;1-10(16)14-6-8-15(9-7-14)12-5-3-2-4-11(12)13;1-6-3-4-8(9)7(2)5-6;7-5-3-1-2-4-6(5)8;1-6(9)8-4-2-7-3-5-8;2*1-2-4-5-3-1;;;;;2*1-7(2,3,4,5)6;;;1-3-2;1-2;/h4-5,8-11,14H,3,6-7,12-13H2,1-2H3;2-5H,6-9H2,1H3;3-5,9H,1-2H3;1-4H;7H,2-5H2,1H3;2*1-5H2;4*1H3;;;;;;;1H/q;;;;;;;6*-1;2*+3;-1;;. The van der Waals surface area contributed by atoms with Gasteiger partial charge in [-0.1, -0.05) is 183 Å². The van der Waals surface area contributed by atoms with Gasteiger partial charge in [0.05, 0.1) is 26.4 Å². The Labute approximate surface area is 700 Å². The first-order valence-electron chi connectivity index (χ1n) is 29.2. The number of hydrogen-bond acceptors (Lipinski definition) is 7. The summed E-state index contributed by atoms with van der Waals surface area (Å²) in [5.41, 5.74) is 7.72. The van der Waals surface area contributed by atoms with Gasteiger partial charge in [-0.05, 0) is 107 Å². The fourth-order valence-electron chi connectivity index (χ4n) is 8.93. The van der Waals surface area contributed by atoms with E-state index in [1.165, 1.54) is 134 Å². The van der Waals surface area contributed by atoms with Gasteiger partial charge in [0, 0.05) is 131 Å². The summed E-state index contributed by atoms with van der Waals surface area (Å²) in [5, 5.41) is 5.16. The van der Waals surface area contributed by atoms with E-state index in [1.807, 2.05) is 64.0 Å². The first kappa shape index (κ1) is 116. The van der Waals surface area contributed by atoms with Crippen LogP contribution in [0.4, 0.5) is 61.7 Å². The first-order valence-corrected chi connectivity index (χ1v) is 54.5. The number of piperazine rings is 2. The van der Waals surface area contributed by atoms with Crippen molar-refractivity contribution in [3.8, 4) is 0 Å². The fraction of sp³-hybridized carbons (Fsp3) is 0.446. The van der Waals surface area contributed by atoms with Crippen LogP contribution in [0.25, 0.3) is 0 Å². The van der Waals surface area contributed by atoms with Crippen LogP contribution < -0.4 is 28.4 Å². The average Bonchev–Trinajstić information content (AvgIpc) is 1.28. The minimum Gasteiger partial charge on any atom is -0.358 e. The number of nitrogens with one attached hydrogen (secondary N) is 1. The summed E-state index contributed by atoms with van der Waals surface area (Å²) in [6, 6.07) is 36.8. The van der Waals surface area contributed by atoms with Gasteiger partial charge < -0.3 is 54.6 Å². The Hall–Kier alpha value is 1.61. The zero-order valence-corrected chi connectivity index (χ0v) is 78.3.